The first-order chi connectivity index (χ1) is 16.9. The number of aryl methyl sites for hydroxylation is 2. The van der Waals surface area contributed by atoms with Crippen molar-refractivity contribution in [3.8, 4) is 0 Å². The van der Waals surface area contributed by atoms with Crippen molar-refractivity contribution in [2.75, 3.05) is 0 Å². The van der Waals surface area contributed by atoms with Crippen molar-refractivity contribution in [1.82, 2.24) is 0 Å². The van der Waals surface area contributed by atoms with Gasteiger partial charge in [-0.3, -0.25) is 0 Å². The van der Waals surface area contributed by atoms with Crippen LogP contribution in [0.5, 0.6) is 0 Å². The summed E-state index contributed by atoms with van der Waals surface area (Å²) in [5.74, 6) is 0. The van der Waals surface area contributed by atoms with Gasteiger partial charge in [-0.15, -0.1) is 0 Å². The van der Waals surface area contributed by atoms with Crippen LogP contribution < -0.4 is 24.8 Å². The van der Waals surface area contributed by atoms with E-state index in [0.29, 0.717) is 0 Å². The van der Waals surface area contributed by atoms with Crippen LogP contribution >= 0.6 is 0 Å². The monoisotopic (exact) mass is 626 g/mol. The van der Waals surface area contributed by atoms with E-state index in [1.54, 1.807) is 0 Å². The Labute approximate surface area is 264 Å². The van der Waals surface area contributed by atoms with Gasteiger partial charge in [0.1, 0.15) is 0 Å². The fourth-order valence-corrected chi connectivity index (χ4v) is 4.79. The fourth-order valence-electron chi connectivity index (χ4n) is 4.79. The predicted molar refractivity (Wildman–Crippen MR) is 155 cm³/mol. The summed E-state index contributed by atoms with van der Waals surface area (Å²) in [5, 5.41) is 0. The second-order valence-electron chi connectivity index (χ2n) is 10.5. The van der Waals surface area contributed by atoms with Gasteiger partial charge in [0, 0.05) is 0 Å². The average molecular weight is 629 g/mol. The first kappa shape index (κ1) is 41.6. The van der Waals surface area contributed by atoms with Crippen LogP contribution in [0.3, 0.4) is 0 Å². The van der Waals surface area contributed by atoms with Crippen LogP contribution in [0, 0.1) is 0 Å². The molecular weight excluding hydrogens is 571 g/mol. The quantitative estimate of drug-likeness (QED) is 0.115. The molecule has 37 heavy (non-hydrogen) atoms. The molecular formula is C34H58Cl2Zr. The molecule has 0 aliphatic heterocycles. The summed E-state index contributed by atoms with van der Waals surface area (Å²) in [6, 6.07) is 17.6. The van der Waals surface area contributed by atoms with Gasteiger partial charge < -0.3 is 24.8 Å². The molecule has 0 saturated heterocycles. The molecule has 0 bridgehead atoms. The van der Waals surface area contributed by atoms with E-state index in [4.69, 9.17) is 0 Å². The van der Waals surface area contributed by atoms with Crippen LogP contribution in [-0.2, 0) is 39.0 Å². The Hall–Kier alpha value is 0.163. The summed E-state index contributed by atoms with van der Waals surface area (Å²) in [6.07, 6.45) is 31.2. The van der Waals surface area contributed by atoms with Crippen molar-refractivity contribution >= 4 is 0 Å². The average Bonchev–Trinajstić information content (AvgIpc) is 3.56. The molecule has 0 aliphatic rings. The van der Waals surface area contributed by atoms with Crippen LogP contribution in [0.2, 0.25) is 0 Å². The molecule has 0 aromatic heterocycles. The van der Waals surface area contributed by atoms with Gasteiger partial charge in [0.25, 0.3) is 0 Å². The van der Waals surface area contributed by atoms with Gasteiger partial charge in [-0.05, 0) is 0 Å². The van der Waals surface area contributed by atoms with Gasteiger partial charge in [0.05, 0.1) is 0 Å². The minimum absolute atomic E-state index is 0. The molecule has 2 aromatic rings. The van der Waals surface area contributed by atoms with Crippen molar-refractivity contribution < 1.29 is 51.0 Å². The zero-order valence-electron chi connectivity index (χ0n) is 24.4. The second kappa shape index (κ2) is 34.2. The van der Waals surface area contributed by atoms with Crippen molar-refractivity contribution in [3.63, 3.8) is 0 Å². The molecule has 3 heteroatoms. The number of rotatable bonds is 22. The molecule has 0 nitrogen and oxygen atoms in total. The number of unbranched alkanes of at least 4 members (excludes halogenated alkanes) is 18. The molecule has 2 rings (SSSR count). The van der Waals surface area contributed by atoms with E-state index in [2.05, 4.69) is 62.4 Å². The summed E-state index contributed by atoms with van der Waals surface area (Å²) in [7, 11) is 0. The summed E-state index contributed by atoms with van der Waals surface area (Å²) in [4.78, 5) is 0. The van der Waals surface area contributed by atoms with E-state index in [1.165, 1.54) is 152 Å². The zero-order valence-corrected chi connectivity index (χ0v) is 28.4. The maximum absolute atomic E-state index is 2.28. The Balaban J connectivity index is -0.000000578. The zero-order chi connectivity index (χ0) is 24.4. The third kappa shape index (κ3) is 29.0. The Kier molecular flexibility index (Phi) is 38.5. The second-order valence-corrected chi connectivity index (χ2v) is 10.5. The van der Waals surface area contributed by atoms with Crippen molar-refractivity contribution in [3.05, 3.63) is 59.7 Å². The Morgan fingerprint density at radius 3 is 0.811 bits per heavy atom. The molecule has 0 saturated carbocycles. The molecule has 212 valence electrons. The van der Waals surface area contributed by atoms with E-state index in [-0.39, 0.29) is 51.0 Å². The number of hydrogen-bond donors (Lipinski definition) is 0. The molecule has 0 aliphatic carbocycles. The molecule has 0 fully saturated rings. The van der Waals surface area contributed by atoms with Gasteiger partial charge in [0.15, 0.2) is 0 Å². The van der Waals surface area contributed by atoms with Crippen LogP contribution in [0.1, 0.15) is 153 Å². The van der Waals surface area contributed by atoms with Crippen molar-refractivity contribution in [2.24, 2.45) is 0 Å². The molecule has 0 amide bonds. The third-order valence-electron chi connectivity index (χ3n) is 7.10. The van der Waals surface area contributed by atoms with Gasteiger partial charge in [-0.1, -0.05) is 155 Å². The molecule has 0 unspecified atom stereocenters. The maximum atomic E-state index is 2.28. The Morgan fingerprint density at radius 2 is 0.568 bits per heavy atom. The van der Waals surface area contributed by atoms with E-state index >= 15 is 0 Å². The van der Waals surface area contributed by atoms with Crippen LogP contribution in [0.15, 0.2) is 48.5 Å². The topological polar surface area (TPSA) is 0 Å². The van der Waals surface area contributed by atoms with Gasteiger partial charge in [-0.2, -0.15) is 35.4 Å². The Morgan fingerprint density at radius 1 is 0.351 bits per heavy atom. The molecule has 2 aromatic carbocycles. The fraction of sp³-hybridized carbons (Fsp3) is 0.706. The molecule has 0 atom stereocenters. The van der Waals surface area contributed by atoms with Crippen LogP contribution in [0.4, 0.5) is 0 Å². The van der Waals surface area contributed by atoms with E-state index in [9.17, 15) is 0 Å². The van der Waals surface area contributed by atoms with Gasteiger partial charge in [0.2, 0.25) is 0 Å². The minimum Gasteiger partial charge on any atom is -1.00 e. The van der Waals surface area contributed by atoms with E-state index < -0.39 is 0 Å². The van der Waals surface area contributed by atoms with Crippen LogP contribution in [0.25, 0.3) is 0 Å². The molecule has 0 N–H and O–H groups in total. The first-order valence-electron chi connectivity index (χ1n) is 15.3. The standard InChI is InChI=1S/2C17H29.2ClH.Zr/c2*1-2-3-4-5-6-7-8-9-10-11-14-17-15-12-13-16-17;;;/h2*12-13,15-16H,2-11,14H2,1H3;2*1H;/q2*-1;;;+4/p-2. The molecule has 0 radical (unpaired) electrons. The van der Waals surface area contributed by atoms with E-state index in [0.717, 1.165) is 0 Å². The third-order valence-corrected chi connectivity index (χ3v) is 7.10. The number of hydrogen-bond acceptors (Lipinski definition) is 0. The Bertz CT molecular complexity index is 537. The van der Waals surface area contributed by atoms with Crippen molar-refractivity contribution in [2.45, 2.75) is 155 Å². The minimum atomic E-state index is 0. The molecule has 0 heterocycles. The predicted octanol–water partition coefficient (Wildman–Crippen LogP) is 5.74. The van der Waals surface area contributed by atoms with E-state index in [1.807, 2.05) is 0 Å². The SMILES string of the molecule is CCCCCCCCCCCC[c-]1cccc1.CCCCCCCCCCCC[c-]1cccc1.[Cl-].[Cl-].[Zr+4]. The largest absolute Gasteiger partial charge is 4.00 e. The summed E-state index contributed by atoms with van der Waals surface area (Å²) >= 11 is 0. The molecule has 0 spiro atoms. The summed E-state index contributed by atoms with van der Waals surface area (Å²) in [5.41, 5.74) is 3.04. The maximum Gasteiger partial charge on any atom is 4.00 e. The number of halogens is 2. The smallest absolute Gasteiger partial charge is 1.00 e. The van der Waals surface area contributed by atoms with Gasteiger partial charge >= 0.3 is 26.2 Å². The first-order valence-corrected chi connectivity index (χ1v) is 15.3. The van der Waals surface area contributed by atoms with Gasteiger partial charge in [-0.25, -0.2) is 24.3 Å². The summed E-state index contributed by atoms with van der Waals surface area (Å²) in [6.45, 7) is 4.57. The summed E-state index contributed by atoms with van der Waals surface area (Å²) < 4.78 is 0. The van der Waals surface area contributed by atoms with Crippen LogP contribution in [-0.4, -0.2) is 0 Å². The normalized spacial score (nSPS) is 10.0. The van der Waals surface area contributed by atoms with Crippen molar-refractivity contribution in [1.29, 1.82) is 0 Å².